The number of amides is 1. The van der Waals surface area contributed by atoms with Crippen molar-refractivity contribution in [3.05, 3.63) is 35.4 Å². The minimum Gasteiger partial charge on any atom is -0.355 e. The van der Waals surface area contributed by atoms with Crippen LogP contribution in [0.4, 0.5) is 0 Å². The Morgan fingerprint density at radius 2 is 2.10 bits per heavy atom. The summed E-state index contributed by atoms with van der Waals surface area (Å²) in [7, 11) is 0. The van der Waals surface area contributed by atoms with E-state index in [-0.39, 0.29) is 17.2 Å². The van der Waals surface area contributed by atoms with Gasteiger partial charge in [0, 0.05) is 23.9 Å². The smallest absolute Gasteiger partial charge is 0.223 e. The average molecular weight is 288 g/mol. The van der Waals surface area contributed by atoms with Crippen LogP contribution in [-0.4, -0.2) is 25.0 Å². The van der Waals surface area contributed by atoms with Gasteiger partial charge in [-0.3, -0.25) is 4.79 Å². The van der Waals surface area contributed by atoms with Crippen molar-refractivity contribution in [2.24, 2.45) is 5.92 Å². The van der Waals surface area contributed by atoms with Crippen LogP contribution in [0.15, 0.2) is 24.3 Å². The molecule has 0 bridgehead atoms. The van der Waals surface area contributed by atoms with Gasteiger partial charge in [0.2, 0.25) is 5.91 Å². The molecule has 1 aromatic rings. The van der Waals surface area contributed by atoms with Gasteiger partial charge in [0.1, 0.15) is 0 Å². The lowest BCUT2D eigenvalue weighted by Gasteiger charge is -2.30. The Hall–Kier alpha value is -1.35. The van der Waals surface area contributed by atoms with Crippen LogP contribution in [0.5, 0.6) is 0 Å². The lowest BCUT2D eigenvalue weighted by Crippen LogP contribution is -2.45. The highest BCUT2D eigenvalue weighted by Crippen LogP contribution is 2.25. The van der Waals surface area contributed by atoms with Gasteiger partial charge in [-0.05, 0) is 44.4 Å². The second kappa shape index (κ2) is 6.61. The molecule has 2 N–H and O–H groups in total. The van der Waals surface area contributed by atoms with E-state index in [0.717, 1.165) is 19.4 Å². The summed E-state index contributed by atoms with van der Waals surface area (Å²) in [6, 6.07) is 8.87. The van der Waals surface area contributed by atoms with Crippen LogP contribution in [0.25, 0.3) is 0 Å². The standard InChI is InChI=1S/C18H28N2O/c1-13-7-5-6-8-16(13)18(3,4)12-20-17(21)15-9-10-19-14(2)11-15/h5-8,14-15,19H,9-12H2,1-4H3,(H,20,21)/t14-,15-/m0/s1. The minimum absolute atomic E-state index is 0.0421. The molecule has 21 heavy (non-hydrogen) atoms. The fraction of sp³-hybridized carbons (Fsp3) is 0.611. The van der Waals surface area contributed by atoms with E-state index < -0.39 is 0 Å². The van der Waals surface area contributed by atoms with Gasteiger partial charge >= 0.3 is 0 Å². The number of nitrogens with one attached hydrogen (secondary N) is 2. The van der Waals surface area contributed by atoms with E-state index in [1.807, 2.05) is 0 Å². The quantitative estimate of drug-likeness (QED) is 0.894. The van der Waals surface area contributed by atoms with Crippen molar-refractivity contribution in [3.8, 4) is 0 Å². The third kappa shape index (κ3) is 4.07. The lowest BCUT2D eigenvalue weighted by atomic mass is 9.81. The Bertz CT molecular complexity index is 496. The lowest BCUT2D eigenvalue weighted by molar-refractivity contribution is -0.126. The predicted molar refractivity (Wildman–Crippen MR) is 87.4 cm³/mol. The van der Waals surface area contributed by atoms with Gasteiger partial charge in [-0.25, -0.2) is 0 Å². The molecule has 0 aromatic heterocycles. The molecule has 3 nitrogen and oxygen atoms in total. The molecule has 1 amide bonds. The summed E-state index contributed by atoms with van der Waals surface area (Å²) in [6.07, 6.45) is 1.89. The van der Waals surface area contributed by atoms with Crippen molar-refractivity contribution >= 4 is 5.91 Å². The van der Waals surface area contributed by atoms with Crippen LogP contribution in [0.3, 0.4) is 0 Å². The summed E-state index contributed by atoms with van der Waals surface area (Å²) >= 11 is 0. The molecule has 0 unspecified atom stereocenters. The summed E-state index contributed by atoms with van der Waals surface area (Å²) in [5.41, 5.74) is 2.55. The summed E-state index contributed by atoms with van der Waals surface area (Å²) in [6.45, 7) is 10.3. The third-order valence-electron chi connectivity index (χ3n) is 4.57. The zero-order valence-electron chi connectivity index (χ0n) is 13.7. The molecule has 0 aliphatic carbocycles. The number of benzene rings is 1. The number of carbonyl (C=O) groups is 1. The van der Waals surface area contributed by atoms with Crippen molar-refractivity contribution in [2.45, 2.75) is 52.0 Å². The van der Waals surface area contributed by atoms with E-state index in [4.69, 9.17) is 0 Å². The molecule has 2 rings (SSSR count). The summed E-state index contributed by atoms with van der Waals surface area (Å²) < 4.78 is 0. The van der Waals surface area contributed by atoms with Gasteiger partial charge in [0.25, 0.3) is 0 Å². The molecule has 2 atom stereocenters. The molecule has 116 valence electrons. The highest BCUT2D eigenvalue weighted by Gasteiger charge is 2.27. The molecule has 3 heteroatoms. The molecule has 1 saturated heterocycles. The second-order valence-corrected chi connectivity index (χ2v) is 6.99. The molecular formula is C18H28N2O. The van der Waals surface area contributed by atoms with Crippen molar-refractivity contribution < 1.29 is 4.79 Å². The fourth-order valence-electron chi connectivity index (χ4n) is 3.25. The highest BCUT2D eigenvalue weighted by atomic mass is 16.1. The van der Waals surface area contributed by atoms with Crippen molar-refractivity contribution in [1.29, 1.82) is 0 Å². The van der Waals surface area contributed by atoms with Crippen molar-refractivity contribution in [3.63, 3.8) is 0 Å². The normalized spacial score (nSPS) is 22.9. The third-order valence-corrected chi connectivity index (χ3v) is 4.57. The number of piperidine rings is 1. The highest BCUT2D eigenvalue weighted by molar-refractivity contribution is 5.79. The van der Waals surface area contributed by atoms with Crippen LogP contribution < -0.4 is 10.6 Å². The Kier molecular flexibility index (Phi) is 5.04. The minimum atomic E-state index is -0.0421. The zero-order chi connectivity index (χ0) is 15.5. The number of aryl methyl sites for hydroxylation is 1. The number of carbonyl (C=O) groups excluding carboxylic acids is 1. The number of hydrogen-bond donors (Lipinski definition) is 2. The van der Waals surface area contributed by atoms with Gasteiger partial charge in [-0.15, -0.1) is 0 Å². The molecule has 0 radical (unpaired) electrons. The Morgan fingerprint density at radius 1 is 1.38 bits per heavy atom. The maximum Gasteiger partial charge on any atom is 0.223 e. The van der Waals surface area contributed by atoms with E-state index in [0.29, 0.717) is 12.6 Å². The first-order chi connectivity index (χ1) is 9.90. The van der Waals surface area contributed by atoms with E-state index in [1.165, 1.54) is 11.1 Å². The van der Waals surface area contributed by atoms with Crippen LogP contribution in [0.2, 0.25) is 0 Å². The molecule has 1 aliphatic heterocycles. The van der Waals surface area contributed by atoms with Gasteiger partial charge in [-0.1, -0.05) is 38.1 Å². The predicted octanol–water partition coefficient (Wildman–Crippen LogP) is 2.78. The van der Waals surface area contributed by atoms with Gasteiger partial charge in [0.05, 0.1) is 0 Å². The van der Waals surface area contributed by atoms with Crippen molar-refractivity contribution in [1.82, 2.24) is 10.6 Å². The van der Waals surface area contributed by atoms with E-state index in [2.05, 4.69) is 62.6 Å². The SMILES string of the molecule is Cc1ccccc1C(C)(C)CNC(=O)[C@H]1CCN[C@@H](C)C1. The molecule has 1 heterocycles. The fourth-order valence-corrected chi connectivity index (χ4v) is 3.25. The van der Waals surface area contributed by atoms with Gasteiger partial charge in [-0.2, -0.15) is 0 Å². The molecule has 1 fully saturated rings. The maximum atomic E-state index is 12.4. The second-order valence-electron chi connectivity index (χ2n) is 6.99. The zero-order valence-corrected chi connectivity index (χ0v) is 13.7. The first kappa shape index (κ1) is 16.0. The van der Waals surface area contributed by atoms with Crippen LogP contribution >= 0.6 is 0 Å². The Labute approximate surface area is 128 Å². The van der Waals surface area contributed by atoms with Crippen molar-refractivity contribution in [2.75, 3.05) is 13.1 Å². The van der Waals surface area contributed by atoms with E-state index in [9.17, 15) is 4.79 Å². The first-order valence-corrected chi connectivity index (χ1v) is 7.97. The topological polar surface area (TPSA) is 41.1 Å². The van der Waals surface area contributed by atoms with E-state index in [1.54, 1.807) is 0 Å². The van der Waals surface area contributed by atoms with Crippen LogP contribution in [-0.2, 0) is 10.2 Å². The van der Waals surface area contributed by atoms with Gasteiger partial charge in [0.15, 0.2) is 0 Å². The monoisotopic (exact) mass is 288 g/mol. The van der Waals surface area contributed by atoms with Crippen LogP contribution in [0, 0.1) is 12.8 Å². The average Bonchev–Trinajstić information content (AvgIpc) is 2.45. The number of hydrogen-bond acceptors (Lipinski definition) is 2. The molecule has 0 spiro atoms. The summed E-state index contributed by atoms with van der Waals surface area (Å²) in [4.78, 5) is 12.4. The first-order valence-electron chi connectivity index (χ1n) is 7.97. The Morgan fingerprint density at radius 3 is 2.76 bits per heavy atom. The largest absolute Gasteiger partial charge is 0.355 e. The van der Waals surface area contributed by atoms with Gasteiger partial charge < -0.3 is 10.6 Å². The molecule has 0 saturated carbocycles. The molecular weight excluding hydrogens is 260 g/mol. The molecule has 1 aromatic carbocycles. The summed E-state index contributed by atoms with van der Waals surface area (Å²) in [5.74, 6) is 0.374. The number of rotatable bonds is 4. The van der Waals surface area contributed by atoms with E-state index >= 15 is 0 Å². The summed E-state index contributed by atoms with van der Waals surface area (Å²) in [5, 5.41) is 6.56. The maximum absolute atomic E-state index is 12.4. The Balaban J connectivity index is 1.95. The van der Waals surface area contributed by atoms with Crippen LogP contribution in [0.1, 0.15) is 44.7 Å². The molecule has 1 aliphatic rings.